The lowest BCUT2D eigenvalue weighted by molar-refractivity contribution is -0.137. The molecule has 0 aliphatic carbocycles. The zero-order valence-corrected chi connectivity index (χ0v) is 21.8. The topological polar surface area (TPSA) is 71.5 Å². The molecule has 1 aromatic heterocycles. The van der Waals surface area contributed by atoms with Crippen molar-refractivity contribution in [2.75, 3.05) is 18.5 Å². The monoisotopic (exact) mass is 563 g/mol. The van der Waals surface area contributed by atoms with Gasteiger partial charge in [0.1, 0.15) is 16.6 Å². The Balaban J connectivity index is 1.35. The zero-order chi connectivity index (χ0) is 26.6. The van der Waals surface area contributed by atoms with Gasteiger partial charge in [-0.25, -0.2) is 4.98 Å². The number of aromatic nitrogens is 1. The molecule has 2 heterocycles. The SMILES string of the molecule is CCOc1ccc(/C=C2\SC(=S)N(CC(=O)Nc3ncc(Cc4cccc(C(F)(F)F)c4)s3)C2=O)cc1. The molecule has 1 fully saturated rings. The van der Waals surface area contributed by atoms with Crippen LogP contribution in [-0.2, 0) is 22.2 Å². The van der Waals surface area contributed by atoms with E-state index in [4.69, 9.17) is 17.0 Å². The van der Waals surface area contributed by atoms with Gasteiger partial charge in [0.25, 0.3) is 5.91 Å². The minimum Gasteiger partial charge on any atom is -0.494 e. The number of anilines is 1. The fourth-order valence-corrected chi connectivity index (χ4v) is 5.54. The number of halogens is 3. The van der Waals surface area contributed by atoms with Crippen molar-refractivity contribution in [3.63, 3.8) is 0 Å². The number of benzene rings is 2. The van der Waals surface area contributed by atoms with Gasteiger partial charge < -0.3 is 10.1 Å². The summed E-state index contributed by atoms with van der Waals surface area (Å²) < 4.78 is 44.5. The predicted molar refractivity (Wildman–Crippen MR) is 142 cm³/mol. The van der Waals surface area contributed by atoms with E-state index in [2.05, 4.69) is 10.3 Å². The summed E-state index contributed by atoms with van der Waals surface area (Å²) in [5.41, 5.74) is 0.556. The molecule has 0 bridgehead atoms. The van der Waals surface area contributed by atoms with E-state index in [1.54, 1.807) is 24.3 Å². The summed E-state index contributed by atoms with van der Waals surface area (Å²) in [7, 11) is 0. The Hall–Kier alpha value is -3.22. The first-order chi connectivity index (χ1) is 17.6. The standard InChI is InChI=1S/C25H20F3N3O3S3/c1-2-34-18-8-6-15(7-9-18)12-20-22(33)31(24(35)37-20)14-21(32)30-23-29-13-19(36-23)11-16-4-3-5-17(10-16)25(26,27)28/h3-10,12-13H,2,11,14H2,1H3,(H,29,30,32)/b20-12-. The summed E-state index contributed by atoms with van der Waals surface area (Å²) >= 11 is 7.56. The Morgan fingerprint density at radius 2 is 1.97 bits per heavy atom. The third kappa shape index (κ3) is 6.96. The lowest BCUT2D eigenvalue weighted by Gasteiger charge is -2.13. The minimum atomic E-state index is -4.42. The molecule has 2 aromatic carbocycles. The van der Waals surface area contributed by atoms with Crippen LogP contribution in [0.5, 0.6) is 5.75 Å². The van der Waals surface area contributed by atoms with Gasteiger partial charge in [-0.05, 0) is 42.3 Å². The van der Waals surface area contributed by atoms with Crippen molar-refractivity contribution in [1.29, 1.82) is 0 Å². The van der Waals surface area contributed by atoms with Gasteiger partial charge in [-0.3, -0.25) is 14.5 Å². The van der Waals surface area contributed by atoms with E-state index in [-0.39, 0.29) is 28.3 Å². The number of hydrogen-bond donors (Lipinski definition) is 1. The Morgan fingerprint density at radius 1 is 1.22 bits per heavy atom. The van der Waals surface area contributed by atoms with E-state index in [1.807, 2.05) is 19.1 Å². The number of thiocarbonyl (C=S) groups is 1. The van der Waals surface area contributed by atoms with E-state index in [0.29, 0.717) is 22.0 Å². The molecule has 37 heavy (non-hydrogen) atoms. The van der Waals surface area contributed by atoms with Crippen molar-refractivity contribution in [1.82, 2.24) is 9.88 Å². The van der Waals surface area contributed by atoms with Crippen LogP contribution in [-0.4, -0.2) is 39.2 Å². The second-order valence-corrected chi connectivity index (χ2v) is 10.6. The highest BCUT2D eigenvalue weighted by molar-refractivity contribution is 8.26. The lowest BCUT2D eigenvalue weighted by Crippen LogP contribution is -2.36. The minimum absolute atomic E-state index is 0.239. The summed E-state index contributed by atoms with van der Waals surface area (Å²) in [4.78, 5) is 31.8. The van der Waals surface area contributed by atoms with Crippen LogP contribution in [0.15, 0.2) is 59.6 Å². The quantitative estimate of drug-likeness (QED) is 0.268. The summed E-state index contributed by atoms with van der Waals surface area (Å²) in [6.07, 6.45) is -0.978. The zero-order valence-electron chi connectivity index (χ0n) is 19.4. The van der Waals surface area contributed by atoms with E-state index >= 15 is 0 Å². The van der Waals surface area contributed by atoms with Gasteiger partial charge in [-0.2, -0.15) is 13.2 Å². The van der Waals surface area contributed by atoms with Crippen LogP contribution in [0.4, 0.5) is 18.3 Å². The third-order valence-electron chi connectivity index (χ3n) is 5.10. The first-order valence-electron chi connectivity index (χ1n) is 11.0. The molecule has 1 saturated heterocycles. The number of alkyl halides is 3. The molecular weight excluding hydrogens is 543 g/mol. The predicted octanol–water partition coefficient (Wildman–Crippen LogP) is 5.99. The van der Waals surface area contributed by atoms with Gasteiger partial charge in [0.15, 0.2) is 5.13 Å². The number of ether oxygens (including phenoxy) is 1. The van der Waals surface area contributed by atoms with Crippen molar-refractivity contribution in [2.24, 2.45) is 0 Å². The number of rotatable bonds is 8. The summed E-state index contributed by atoms with van der Waals surface area (Å²) in [6.45, 7) is 2.16. The Morgan fingerprint density at radius 3 is 2.68 bits per heavy atom. The number of nitrogens with zero attached hydrogens (tertiary/aromatic N) is 2. The Kier molecular flexibility index (Phi) is 8.30. The maximum absolute atomic E-state index is 12.9. The average Bonchev–Trinajstić information content (AvgIpc) is 3.39. The second kappa shape index (κ2) is 11.4. The van der Waals surface area contributed by atoms with Gasteiger partial charge in [-0.15, -0.1) is 11.3 Å². The maximum Gasteiger partial charge on any atom is 0.416 e. The molecule has 0 unspecified atom stereocenters. The summed E-state index contributed by atoms with van der Waals surface area (Å²) in [6, 6.07) is 12.3. The molecule has 0 saturated carbocycles. The smallest absolute Gasteiger partial charge is 0.416 e. The van der Waals surface area contributed by atoms with E-state index in [1.165, 1.54) is 17.2 Å². The summed E-state index contributed by atoms with van der Waals surface area (Å²) in [5, 5.41) is 2.91. The van der Waals surface area contributed by atoms with Crippen molar-refractivity contribution in [3.8, 4) is 5.75 Å². The molecule has 12 heteroatoms. The van der Waals surface area contributed by atoms with Crippen molar-refractivity contribution in [2.45, 2.75) is 19.5 Å². The molecule has 0 spiro atoms. The van der Waals surface area contributed by atoms with Crippen LogP contribution < -0.4 is 10.1 Å². The second-order valence-electron chi connectivity index (χ2n) is 7.82. The third-order valence-corrected chi connectivity index (χ3v) is 7.39. The number of nitrogens with one attached hydrogen (secondary N) is 1. The summed E-state index contributed by atoms with van der Waals surface area (Å²) in [5.74, 6) is -0.133. The lowest BCUT2D eigenvalue weighted by atomic mass is 10.1. The molecule has 0 radical (unpaired) electrons. The number of carbonyl (C=O) groups is 2. The van der Waals surface area contributed by atoms with Crippen LogP contribution in [0.2, 0.25) is 0 Å². The van der Waals surface area contributed by atoms with E-state index in [9.17, 15) is 22.8 Å². The first-order valence-corrected chi connectivity index (χ1v) is 13.1. The number of hydrogen-bond acceptors (Lipinski definition) is 7. The van der Waals surface area contributed by atoms with Crippen LogP contribution in [0.25, 0.3) is 6.08 Å². The number of thioether (sulfide) groups is 1. The van der Waals surface area contributed by atoms with Crippen molar-refractivity contribution < 1.29 is 27.5 Å². The molecule has 192 valence electrons. The largest absolute Gasteiger partial charge is 0.494 e. The Labute approximate surface area is 224 Å². The normalized spacial score (nSPS) is 14.9. The first kappa shape index (κ1) is 26.8. The fourth-order valence-electron chi connectivity index (χ4n) is 3.42. The number of amides is 2. The van der Waals surface area contributed by atoms with Crippen LogP contribution in [0.1, 0.15) is 28.5 Å². The Bertz CT molecular complexity index is 1350. The molecule has 0 atom stereocenters. The molecule has 6 nitrogen and oxygen atoms in total. The van der Waals surface area contributed by atoms with Gasteiger partial charge in [-0.1, -0.05) is 54.3 Å². The molecule has 3 aromatic rings. The van der Waals surface area contributed by atoms with Gasteiger partial charge >= 0.3 is 6.18 Å². The highest BCUT2D eigenvalue weighted by Crippen LogP contribution is 2.33. The molecule has 1 N–H and O–H groups in total. The van der Waals surface area contributed by atoms with Gasteiger partial charge in [0.05, 0.1) is 17.1 Å². The van der Waals surface area contributed by atoms with Gasteiger partial charge in [0.2, 0.25) is 5.91 Å². The number of thiazole rings is 1. The highest BCUT2D eigenvalue weighted by Gasteiger charge is 2.33. The molecule has 4 rings (SSSR count). The van der Waals surface area contributed by atoms with Crippen LogP contribution >= 0.6 is 35.3 Å². The molecule has 1 aliphatic heterocycles. The van der Waals surface area contributed by atoms with Crippen LogP contribution in [0, 0.1) is 0 Å². The molecule has 2 amide bonds. The van der Waals surface area contributed by atoms with E-state index < -0.39 is 17.6 Å². The van der Waals surface area contributed by atoms with Crippen LogP contribution in [0.3, 0.4) is 0 Å². The average molecular weight is 564 g/mol. The number of carbonyl (C=O) groups excluding carboxylic acids is 2. The van der Waals surface area contributed by atoms with Gasteiger partial charge in [0, 0.05) is 17.5 Å². The van der Waals surface area contributed by atoms with Crippen molar-refractivity contribution >= 4 is 62.7 Å². The van der Waals surface area contributed by atoms with Crippen molar-refractivity contribution in [3.05, 3.63) is 81.2 Å². The molecular formula is C25H20F3N3O3S3. The highest BCUT2D eigenvalue weighted by atomic mass is 32.2. The fraction of sp³-hybridized carbons (Fsp3) is 0.200. The molecule has 1 aliphatic rings. The van der Waals surface area contributed by atoms with E-state index in [0.717, 1.165) is 46.5 Å². The maximum atomic E-state index is 12.9.